The number of thiazole rings is 1. The lowest BCUT2D eigenvalue weighted by molar-refractivity contribution is -0.118. The van der Waals surface area contributed by atoms with Crippen LogP contribution in [0, 0.1) is 5.92 Å². The van der Waals surface area contributed by atoms with Crippen LogP contribution in [0.4, 0.5) is 5.13 Å². The number of hydrogen-bond donors (Lipinski definition) is 1. The fourth-order valence-electron chi connectivity index (χ4n) is 2.66. The van der Waals surface area contributed by atoms with Crippen molar-refractivity contribution in [2.45, 2.75) is 19.8 Å². The lowest BCUT2D eigenvalue weighted by Gasteiger charge is -2.20. The molecule has 3 rings (SSSR count). The Morgan fingerprint density at radius 1 is 1.12 bits per heavy atom. The Balaban J connectivity index is 1.78. The Hall–Kier alpha value is -2.24. The molecule has 0 saturated heterocycles. The molecule has 0 aliphatic rings. The third-order valence-electron chi connectivity index (χ3n) is 3.84. The van der Waals surface area contributed by atoms with Crippen LogP contribution in [0.2, 0.25) is 5.02 Å². The Morgan fingerprint density at radius 2 is 1.88 bits per heavy atom. The number of nitrogens with zero attached hydrogens (tertiary/aromatic N) is 2. The summed E-state index contributed by atoms with van der Waals surface area (Å²) in [6, 6.07) is 13.1. The van der Waals surface area contributed by atoms with Crippen LogP contribution in [0.3, 0.4) is 0 Å². The van der Waals surface area contributed by atoms with E-state index in [1.54, 1.807) is 6.20 Å². The van der Waals surface area contributed by atoms with Crippen molar-refractivity contribution in [1.82, 2.24) is 9.97 Å². The van der Waals surface area contributed by atoms with Gasteiger partial charge in [0, 0.05) is 16.6 Å². The lowest BCUT2D eigenvalue weighted by Crippen LogP contribution is -2.25. The van der Waals surface area contributed by atoms with Crippen molar-refractivity contribution in [3.63, 3.8) is 0 Å². The fourth-order valence-corrected chi connectivity index (χ4v) is 3.49. The predicted octanol–water partition coefficient (Wildman–Crippen LogP) is 5.24. The number of carbonyl (C=O) groups excluding carboxylic acids is 1. The Kier molecular flexibility index (Phi) is 5.46. The molecule has 128 valence electrons. The highest BCUT2D eigenvalue weighted by Gasteiger charge is 2.25. The first-order valence-electron chi connectivity index (χ1n) is 7.98. The van der Waals surface area contributed by atoms with Gasteiger partial charge in [-0.2, -0.15) is 0 Å². The van der Waals surface area contributed by atoms with Gasteiger partial charge in [0.25, 0.3) is 0 Å². The van der Waals surface area contributed by atoms with Crippen LogP contribution in [0.25, 0.3) is 11.4 Å². The molecule has 0 fully saturated rings. The van der Waals surface area contributed by atoms with Gasteiger partial charge in [-0.25, -0.2) is 4.98 Å². The molecule has 25 heavy (non-hydrogen) atoms. The van der Waals surface area contributed by atoms with E-state index in [2.05, 4.69) is 15.3 Å². The summed E-state index contributed by atoms with van der Waals surface area (Å²) in [6.07, 6.45) is 1.72. The van der Waals surface area contributed by atoms with Gasteiger partial charge in [0.15, 0.2) is 5.13 Å². The van der Waals surface area contributed by atoms with E-state index in [0.717, 1.165) is 17.0 Å². The Labute approximate surface area is 155 Å². The maximum absolute atomic E-state index is 12.8. The van der Waals surface area contributed by atoms with Crippen molar-refractivity contribution in [2.75, 3.05) is 5.32 Å². The summed E-state index contributed by atoms with van der Waals surface area (Å²) in [5.74, 6) is -0.185. The summed E-state index contributed by atoms with van der Waals surface area (Å²) in [7, 11) is 0. The van der Waals surface area contributed by atoms with E-state index in [1.807, 2.05) is 61.7 Å². The summed E-state index contributed by atoms with van der Waals surface area (Å²) in [5, 5.41) is 6.06. The zero-order valence-corrected chi connectivity index (χ0v) is 15.5. The first kappa shape index (κ1) is 17.6. The third kappa shape index (κ3) is 4.24. The first-order chi connectivity index (χ1) is 12.0. The van der Waals surface area contributed by atoms with Crippen LogP contribution in [-0.2, 0) is 4.79 Å². The van der Waals surface area contributed by atoms with Crippen LogP contribution >= 0.6 is 22.9 Å². The standard InChI is InChI=1S/C19H18ClN3OS/c1-12(2)17(13-6-8-14(20)9-7-13)18(24)23-19-22-16(11-25-19)15-5-3-4-10-21-15/h3-12,17H,1-2H3,(H,22,23,24). The summed E-state index contributed by atoms with van der Waals surface area (Å²) in [4.78, 5) is 21.5. The van der Waals surface area contributed by atoms with E-state index in [9.17, 15) is 4.79 Å². The first-order valence-corrected chi connectivity index (χ1v) is 9.23. The number of carbonyl (C=O) groups is 1. The molecule has 1 atom stereocenters. The minimum absolute atomic E-state index is 0.0701. The molecule has 0 aliphatic heterocycles. The molecule has 0 aliphatic carbocycles. The number of halogens is 1. The molecule has 1 N–H and O–H groups in total. The maximum Gasteiger partial charge on any atom is 0.233 e. The van der Waals surface area contributed by atoms with E-state index in [1.165, 1.54) is 11.3 Å². The number of hydrogen-bond acceptors (Lipinski definition) is 4. The number of anilines is 1. The second-order valence-corrected chi connectivity index (χ2v) is 7.31. The van der Waals surface area contributed by atoms with Crippen LogP contribution < -0.4 is 5.32 Å². The smallest absolute Gasteiger partial charge is 0.233 e. The van der Waals surface area contributed by atoms with Gasteiger partial charge in [-0.05, 0) is 35.7 Å². The van der Waals surface area contributed by atoms with Gasteiger partial charge in [-0.3, -0.25) is 9.78 Å². The number of nitrogens with one attached hydrogen (secondary N) is 1. The van der Waals surface area contributed by atoms with Gasteiger partial charge >= 0.3 is 0 Å². The van der Waals surface area contributed by atoms with Gasteiger partial charge in [-0.15, -0.1) is 11.3 Å². The van der Waals surface area contributed by atoms with Crippen molar-refractivity contribution in [2.24, 2.45) is 5.92 Å². The number of benzene rings is 1. The molecular formula is C19H18ClN3OS. The molecule has 2 heterocycles. The minimum atomic E-state index is -0.264. The maximum atomic E-state index is 12.8. The van der Waals surface area contributed by atoms with Crippen LogP contribution in [0.5, 0.6) is 0 Å². The van der Waals surface area contributed by atoms with E-state index in [4.69, 9.17) is 11.6 Å². The highest BCUT2D eigenvalue weighted by molar-refractivity contribution is 7.14. The van der Waals surface area contributed by atoms with Crippen LogP contribution in [-0.4, -0.2) is 15.9 Å². The fraction of sp³-hybridized carbons (Fsp3) is 0.211. The largest absolute Gasteiger partial charge is 0.301 e. The molecule has 2 aromatic heterocycles. The van der Waals surface area contributed by atoms with Crippen molar-refractivity contribution in [3.8, 4) is 11.4 Å². The summed E-state index contributed by atoms with van der Waals surface area (Å²) >= 11 is 7.35. The highest BCUT2D eigenvalue weighted by atomic mass is 35.5. The average Bonchev–Trinajstić information content (AvgIpc) is 3.06. The monoisotopic (exact) mass is 371 g/mol. The van der Waals surface area contributed by atoms with Gasteiger partial charge in [0.05, 0.1) is 11.6 Å². The second-order valence-electron chi connectivity index (χ2n) is 6.02. The second kappa shape index (κ2) is 7.76. The van der Waals surface area contributed by atoms with Crippen LogP contribution in [0.1, 0.15) is 25.3 Å². The summed E-state index contributed by atoms with van der Waals surface area (Å²) in [5.41, 5.74) is 2.49. The molecule has 0 radical (unpaired) electrons. The zero-order chi connectivity index (χ0) is 17.8. The van der Waals surface area contributed by atoms with Gasteiger partial charge in [-0.1, -0.05) is 43.6 Å². The Morgan fingerprint density at radius 3 is 2.52 bits per heavy atom. The van der Waals surface area contributed by atoms with Crippen molar-refractivity contribution >= 4 is 34.0 Å². The molecule has 4 nitrogen and oxygen atoms in total. The molecule has 0 saturated carbocycles. The van der Waals surface area contributed by atoms with Crippen LogP contribution in [0.15, 0.2) is 54.0 Å². The van der Waals surface area contributed by atoms with E-state index in [0.29, 0.717) is 10.2 Å². The molecule has 1 aromatic carbocycles. The van der Waals surface area contributed by atoms with E-state index >= 15 is 0 Å². The molecule has 1 unspecified atom stereocenters. The highest BCUT2D eigenvalue weighted by Crippen LogP contribution is 2.29. The van der Waals surface area contributed by atoms with Crippen molar-refractivity contribution in [1.29, 1.82) is 0 Å². The van der Waals surface area contributed by atoms with E-state index in [-0.39, 0.29) is 17.7 Å². The molecular weight excluding hydrogens is 354 g/mol. The molecule has 6 heteroatoms. The zero-order valence-electron chi connectivity index (χ0n) is 13.9. The summed E-state index contributed by atoms with van der Waals surface area (Å²) < 4.78 is 0. The minimum Gasteiger partial charge on any atom is -0.301 e. The number of rotatable bonds is 5. The summed E-state index contributed by atoms with van der Waals surface area (Å²) in [6.45, 7) is 4.06. The number of amides is 1. The molecule has 0 bridgehead atoms. The quantitative estimate of drug-likeness (QED) is 0.667. The van der Waals surface area contributed by atoms with Gasteiger partial charge in [0.1, 0.15) is 5.69 Å². The average molecular weight is 372 g/mol. The Bertz CT molecular complexity index is 847. The van der Waals surface area contributed by atoms with Gasteiger partial charge in [0.2, 0.25) is 5.91 Å². The lowest BCUT2D eigenvalue weighted by atomic mass is 9.88. The van der Waals surface area contributed by atoms with Crippen molar-refractivity contribution < 1.29 is 4.79 Å². The molecule has 1 amide bonds. The normalized spacial score (nSPS) is 12.2. The van der Waals surface area contributed by atoms with Gasteiger partial charge < -0.3 is 5.32 Å². The van der Waals surface area contributed by atoms with Crippen molar-refractivity contribution in [3.05, 3.63) is 64.6 Å². The predicted molar refractivity (Wildman–Crippen MR) is 103 cm³/mol. The number of aromatic nitrogens is 2. The topological polar surface area (TPSA) is 54.9 Å². The molecule has 0 spiro atoms. The number of pyridine rings is 1. The molecule has 3 aromatic rings. The van der Waals surface area contributed by atoms with E-state index < -0.39 is 0 Å². The third-order valence-corrected chi connectivity index (χ3v) is 4.85. The SMILES string of the molecule is CC(C)C(C(=O)Nc1nc(-c2ccccn2)cs1)c1ccc(Cl)cc1.